The lowest BCUT2D eigenvalue weighted by atomic mass is 10.1. The first-order valence-corrected chi connectivity index (χ1v) is 11.4. The maximum absolute atomic E-state index is 12.1. The van der Waals surface area contributed by atoms with E-state index in [1.54, 1.807) is 31.4 Å². The number of aromatic amines is 1. The quantitative estimate of drug-likeness (QED) is 0.429. The molecule has 4 heterocycles. The number of carbonyl (C=O) groups is 2. The van der Waals surface area contributed by atoms with Gasteiger partial charge in [-0.25, -0.2) is 9.97 Å². The Morgan fingerprint density at radius 1 is 1.25 bits per heavy atom. The number of amides is 1. The van der Waals surface area contributed by atoms with Crippen molar-refractivity contribution in [3.8, 4) is 0 Å². The highest BCUT2D eigenvalue weighted by Gasteiger charge is 2.25. The molecule has 1 amide bonds. The largest absolute Gasteiger partial charge is 0.353 e. The minimum atomic E-state index is 0.0968. The average molecular weight is 454 g/mol. The number of pyridine rings is 1. The van der Waals surface area contributed by atoms with Crippen molar-refractivity contribution in [2.45, 2.75) is 23.4 Å². The van der Waals surface area contributed by atoms with E-state index in [9.17, 15) is 9.59 Å². The van der Waals surface area contributed by atoms with E-state index < -0.39 is 0 Å². The molecule has 1 saturated heterocycles. The molecule has 9 nitrogen and oxygen atoms in total. The Balaban J connectivity index is 1.66. The lowest BCUT2D eigenvalue weighted by Crippen LogP contribution is -2.49. The highest BCUT2D eigenvalue weighted by Crippen LogP contribution is 2.33. The fourth-order valence-corrected chi connectivity index (χ4v) is 4.52. The van der Waals surface area contributed by atoms with E-state index in [1.807, 2.05) is 19.1 Å². The zero-order valence-corrected chi connectivity index (χ0v) is 19.4. The summed E-state index contributed by atoms with van der Waals surface area (Å²) in [6, 6.07) is 3.85. The maximum Gasteiger partial charge on any atom is 0.236 e. The molecular formula is C22H27N7O2S. The van der Waals surface area contributed by atoms with Crippen LogP contribution in [-0.2, 0) is 11.2 Å². The first kappa shape index (κ1) is 22.2. The summed E-state index contributed by atoms with van der Waals surface area (Å²) < 4.78 is 0. The highest BCUT2D eigenvalue weighted by atomic mass is 32.2. The van der Waals surface area contributed by atoms with Crippen molar-refractivity contribution in [2.24, 2.45) is 0 Å². The van der Waals surface area contributed by atoms with Gasteiger partial charge in [0.2, 0.25) is 5.91 Å². The zero-order valence-electron chi connectivity index (χ0n) is 18.5. The number of piperazine rings is 1. The summed E-state index contributed by atoms with van der Waals surface area (Å²) in [6.07, 6.45) is 5.11. The second kappa shape index (κ2) is 9.66. The number of nitrogens with zero attached hydrogens (tertiary/aromatic N) is 6. The number of likely N-dealkylation sites (N-methyl/N-ethyl adjacent to an activating group) is 1. The molecular weight excluding hydrogens is 426 g/mol. The summed E-state index contributed by atoms with van der Waals surface area (Å²) in [7, 11) is 3.55. The van der Waals surface area contributed by atoms with Gasteiger partial charge < -0.3 is 14.8 Å². The number of nitrogens with one attached hydrogen (secondary N) is 1. The normalized spacial score (nSPS) is 14.7. The molecule has 168 valence electrons. The Hall–Kier alpha value is -2.98. The highest BCUT2D eigenvalue weighted by molar-refractivity contribution is 7.99. The molecule has 10 heteroatoms. The van der Waals surface area contributed by atoms with Crippen LogP contribution in [0.2, 0.25) is 0 Å². The molecule has 1 aliphatic heterocycles. The van der Waals surface area contributed by atoms with E-state index in [4.69, 9.17) is 9.97 Å². The first-order valence-electron chi connectivity index (χ1n) is 10.6. The van der Waals surface area contributed by atoms with E-state index in [0.717, 1.165) is 54.3 Å². The molecule has 0 aliphatic carbocycles. The summed E-state index contributed by atoms with van der Waals surface area (Å²) in [6.45, 7) is 5.35. The Morgan fingerprint density at radius 2 is 2.03 bits per heavy atom. The molecule has 0 saturated carbocycles. The van der Waals surface area contributed by atoms with Gasteiger partial charge in [-0.3, -0.25) is 19.5 Å². The van der Waals surface area contributed by atoms with E-state index in [0.29, 0.717) is 29.3 Å². The third-order valence-electron chi connectivity index (χ3n) is 5.58. The Labute approximate surface area is 191 Å². The van der Waals surface area contributed by atoms with Crippen molar-refractivity contribution in [3.63, 3.8) is 0 Å². The third-order valence-corrected chi connectivity index (χ3v) is 6.42. The minimum absolute atomic E-state index is 0.0968. The van der Waals surface area contributed by atoms with Crippen molar-refractivity contribution < 1.29 is 9.59 Å². The number of aldehydes is 1. The Morgan fingerprint density at radius 3 is 2.66 bits per heavy atom. The molecule has 0 radical (unpaired) electrons. The number of anilines is 1. The van der Waals surface area contributed by atoms with Gasteiger partial charge in [-0.15, -0.1) is 0 Å². The van der Waals surface area contributed by atoms with E-state index in [2.05, 4.69) is 19.8 Å². The number of hydrogen-bond acceptors (Lipinski definition) is 8. The topological polar surface area (TPSA) is 98.3 Å². The molecule has 0 unspecified atom stereocenters. The summed E-state index contributed by atoms with van der Waals surface area (Å²) in [5.41, 5.74) is 2.16. The predicted molar refractivity (Wildman–Crippen MR) is 124 cm³/mol. The van der Waals surface area contributed by atoms with Crippen LogP contribution >= 0.6 is 11.8 Å². The molecule has 4 rings (SSSR count). The summed E-state index contributed by atoms with van der Waals surface area (Å²) in [5, 5.41) is 1.37. The SMILES string of the molecule is CCc1[nH]c2nc(Sc3cccnc3)nc(N3CCN(CC(=O)N(C)C)CC3)c2c1C=O. The van der Waals surface area contributed by atoms with Gasteiger partial charge in [0.15, 0.2) is 11.4 Å². The number of fused-ring (bicyclic) bond motifs is 1. The van der Waals surface area contributed by atoms with E-state index in [-0.39, 0.29) is 5.91 Å². The van der Waals surface area contributed by atoms with Crippen molar-refractivity contribution in [1.82, 2.24) is 29.7 Å². The second-order valence-corrected chi connectivity index (χ2v) is 8.92. The molecule has 0 atom stereocenters. The lowest BCUT2D eigenvalue weighted by molar-refractivity contribution is -0.129. The van der Waals surface area contributed by atoms with Crippen LogP contribution < -0.4 is 4.90 Å². The molecule has 3 aromatic rings. The number of H-pyrrole nitrogens is 1. The van der Waals surface area contributed by atoms with Gasteiger partial charge in [0, 0.05) is 68.8 Å². The van der Waals surface area contributed by atoms with Crippen molar-refractivity contribution in [2.75, 3.05) is 51.7 Å². The molecule has 1 aliphatic rings. The number of aryl methyl sites for hydroxylation is 1. The van der Waals surface area contributed by atoms with Crippen LogP contribution in [0.3, 0.4) is 0 Å². The summed E-state index contributed by atoms with van der Waals surface area (Å²) in [5.74, 6) is 0.859. The van der Waals surface area contributed by atoms with Crippen LogP contribution in [0.15, 0.2) is 34.6 Å². The van der Waals surface area contributed by atoms with Crippen LogP contribution in [0.1, 0.15) is 23.0 Å². The first-order chi connectivity index (χ1) is 15.5. The van der Waals surface area contributed by atoms with Crippen LogP contribution in [0.4, 0.5) is 5.82 Å². The van der Waals surface area contributed by atoms with Gasteiger partial charge >= 0.3 is 0 Å². The summed E-state index contributed by atoms with van der Waals surface area (Å²) >= 11 is 1.44. The van der Waals surface area contributed by atoms with Crippen LogP contribution in [0, 0.1) is 0 Å². The predicted octanol–water partition coefficient (Wildman–Crippen LogP) is 2.09. The Bertz CT molecular complexity index is 1110. The average Bonchev–Trinajstić information content (AvgIpc) is 3.17. The zero-order chi connectivity index (χ0) is 22.7. The van der Waals surface area contributed by atoms with E-state index >= 15 is 0 Å². The number of rotatable bonds is 7. The number of carbonyl (C=O) groups excluding carboxylic acids is 2. The molecule has 0 spiro atoms. The number of hydrogen-bond donors (Lipinski definition) is 1. The smallest absolute Gasteiger partial charge is 0.236 e. The van der Waals surface area contributed by atoms with Crippen molar-refractivity contribution in [3.05, 3.63) is 35.8 Å². The second-order valence-electron chi connectivity index (χ2n) is 7.88. The summed E-state index contributed by atoms with van der Waals surface area (Å²) in [4.78, 5) is 48.0. The van der Waals surface area contributed by atoms with Gasteiger partial charge in [0.05, 0.1) is 11.9 Å². The van der Waals surface area contributed by atoms with Crippen LogP contribution in [0.5, 0.6) is 0 Å². The molecule has 0 aromatic carbocycles. The van der Waals surface area contributed by atoms with Gasteiger partial charge in [-0.2, -0.15) is 0 Å². The Kier molecular flexibility index (Phi) is 6.71. The maximum atomic E-state index is 12.1. The molecule has 1 N–H and O–H groups in total. The monoisotopic (exact) mass is 453 g/mol. The lowest BCUT2D eigenvalue weighted by Gasteiger charge is -2.35. The van der Waals surface area contributed by atoms with E-state index in [1.165, 1.54) is 11.8 Å². The third kappa shape index (κ3) is 4.61. The van der Waals surface area contributed by atoms with Gasteiger partial charge in [-0.1, -0.05) is 6.92 Å². The van der Waals surface area contributed by atoms with Gasteiger partial charge in [0.1, 0.15) is 11.5 Å². The van der Waals surface area contributed by atoms with Crippen molar-refractivity contribution in [1.29, 1.82) is 0 Å². The fourth-order valence-electron chi connectivity index (χ4n) is 3.78. The molecule has 3 aromatic heterocycles. The van der Waals surface area contributed by atoms with Crippen LogP contribution in [-0.4, -0.2) is 88.7 Å². The minimum Gasteiger partial charge on any atom is -0.353 e. The fraction of sp³-hybridized carbons (Fsp3) is 0.409. The van der Waals surface area contributed by atoms with Crippen LogP contribution in [0.25, 0.3) is 11.0 Å². The van der Waals surface area contributed by atoms with Gasteiger partial charge in [-0.05, 0) is 30.3 Å². The molecule has 0 bridgehead atoms. The number of aromatic nitrogens is 4. The molecule has 32 heavy (non-hydrogen) atoms. The standard InChI is InChI=1S/C22H27N7O2S/c1-4-17-16(14-30)19-20(24-17)25-22(32-15-6-5-7-23-12-15)26-21(19)29-10-8-28(9-11-29)13-18(31)27(2)3/h5-7,12,14H,4,8-11,13H2,1-3H3,(H,24,25,26). The van der Waals surface area contributed by atoms with Crippen molar-refractivity contribution >= 4 is 40.8 Å². The molecule has 1 fully saturated rings. The van der Waals surface area contributed by atoms with Gasteiger partial charge in [0.25, 0.3) is 0 Å².